The van der Waals surface area contributed by atoms with E-state index in [2.05, 4.69) is 15.6 Å². The van der Waals surface area contributed by atoms with Crippen LogP contribution in [0.15, 0.2) is 29.8 Å². The smallest absolute Gasteiger partial charge is 0.306 e. The van der Waals surface area contributed by atoms with Gasteiger partial charge in [0.15, 0.2) is 0 Å². The van der Waals surface area contributed by atoms with Crippen LogP contribution in [-0.4, -0.2) is 236 Å². The van der Waals surface area contributed by atoms with E-state index in [9.17, 15) is 24.3 Å². The Morgan fingerprint density at radius 2 is 1.12 bits per heavy atom. The summed E-state index contributed by atoms with van der Waals surface area (Å²) in [5.74, 6) is -1.93. The monoisotopic (exact) mass is 1100 g/mol. The van der Waals surface area contributed by atoms with Crippen LogP contribution in [0.3, 0.4) is 0 Å². The van der Waals surface area contributed by atoms with Crippen molar-refractivity contribution < 1.29 is 85.9 Å². The molecular formula is C52H87N5O18S. The van der Waals surface area contributed by atoms with Gasteiger partial charge in [-0.2, -0.15) is 0 Å². The van der Waals surface area contributed by atoms with Crippen molar-refractivity contribution in [2.45, 2.75) is 71.2 Å². The molecule has 3 rings (SSSR count). The van der Waals surface area contributed by atoms with Crippen LogP contribution < -0.4 is 16.4 Å². The first-order valence-corrected chi connectivity index (χ1v) is 27.0. The number of aliphatic hydroxyl groups excluding tert-OH is 1. The van der Waals surface area contributed by atoms with Crippen LogP contribution in [-0.2, 0) is 80.8 Å². The number of thiazole rings is 1. The number of esters is 1. The summed E-state index contributed by atoms with van der Waals surface area (Å²) in [6, 6.07) is 4.78. The van der Waals surface area contributed by atoms with Gasteiger partial charge in [-0.15, -0.1) is 11.3 Å². The number of carbonyl (C=O) groups is 4. The van der Waals surface area contributed by atoms with E-state index in [0.717, 1.165) is 16.1 Å². The van der Waals surface area contributed by atoms with Crippen LogP contribution in [0, 0.1) is 12.3 Å². The van der Waals surface area contributed by atoms with Crippen molar-refractivity contribution >= 4 is 35.0 Å². The van der Waals surface area contributed by atoms with Crippen LogP contribution in [0.5, 0.6) is 0 Å². The van der Waals surface area contributed by atoms with Crippen molar-refractivity contribution in [3.63, 3.8) is 0 Å². The summed E-state index contributed by atoms with van der Waals surface area (Å²) in [4.78, 5) is 59.2. The summed E-state index contributed by atoms with van der Waals surface area (Å²) < 4.78 is 70.7. The van der Waals surface area contributed by atoms with Crippen LogP contribution in [0.25, 0.3) is 10.4 Å². The number of aryl methyl sites for hydroxylation is 1. The van der Waals surface area contributed by atoms with Crippen molar-refractivity contribution in [3.8, 4) is 10.4 Å². The Kier molecular flexibility index (Phi) is 36.1. The highest BCUT2D eigenvalue weighted by molar-refractivity contribution is 7.13. The summed E-state index contributed by atoms with van der Waals surface area (Å²) >= 11 is 1.51. The minimum atomic E-state index is -0.975. The van der Waals surface area contributed by atoms with Crippen LogP contribution >= 0.6 is 11.3 Å². The van der Waals surface area contributed by atoms with E-state index in [1.807, 2.05) is 52.0 Å². The molecule has 1 aliphatic heterocycles. The predicted molar refractivity (Wildman–Crippen MR) is 281 cm³/mol. The number of methoxy groups -OCH3 is 1. The third kappa shape index (κ3) is 29.8. The normalized spacial score (nSPS) is 15.5. The highest BCUT2D eigenvalue weighted by Crippen LogP contribution is 2.29. The first-order chi connectivity index (χ1) is 36.8. The lowest BCUT2D eigenvalue weighted by molar-refractivity contribution is -0.146. The largest absolute Gasteiger partial charge is 0.463 e. The SMILES string of the molecule is COCCOCCOCCOCCOCCOCCOCCOCCOCCOCCOCCOCCNC(=O)CCC(=O)OCC(NC(=O)C1CC(O)CN1C(=O)C(N)C(C)(C)C)c1ccc(-c2scnc2C)cc1. The fraction of sp³-hybridized carbons (Fsp3) is 0.750. The number of carbonyl (C=O) groups excluding carboxylic acids is 4. The van der Waals surface area contributed by atoms with E-state index >= 15 is 0 Å². The summed E-state index contributed by atoms with van der Waals surface area (Å²) in [6.07, 6.45) is -1.17. The molecule has 1 aromatic carbocycles. The molecule has 1 aliphatic rings. The maximum atomic E-state index is 13.8. The van der Waals surface area contributed by atoms with Gasteiger partial charge in [-0.05, 0) is 23.5 Å². The first kappa shape index (κ1) is 66.4. The van der Waals surface area contributed by atoms with Crippen molar-refractivity contribution in [3.05, 3.63) is 41.0 Å². The summed E-state index contributed by atoms with van der Waals surface area (Å²) in [5, 5.41) is 16.2. The molecule has 1 fully saturated rings. The Hall–Kier alpha value is -3.83. The maximum Gasteiger partial charge on any atom is 0.306 e. The average Bonchev–Trinajstić information content (AvgIpc) is 4.03. The number of rotatable bonds is 46. The van der Waals surface area contributed by atoms with Gasteiger partial charge in [0.2, 0.25) is 17.7 Å². The van der Waals surface area contributed by atoms with Crippen LogP contribution in [0.2, 0.25) is 0 Å². The summed E-state index contributed by atoms with van der Waals surface area (Å²) in [5.41, 5.74) is 9.94. The molecule has 0 bridgehead atoms. The first-order valence-electron chi connectivity index (χ1n) is 26.1. The van der Waals surface area contributed by atoms with Gasteiger partial charge in [0.1, 0.15) is 12.6 Å². The molecular weight excluding hydrogens is 1010 g/mol. The molecule has 3 amide bonds. The van der Waals surface area contributed by atoms with E-state index in [-0.39, 0.29) is 51.5 Å². The molecule has 76 heavy (non-hydrogen) atoms. The zero-order chi connectivity index (χ0) is 55.1. The van der Waals surface area contributed by atoms with Gasteiger partial charge in [0, 0.05) is 33.0 Å². The molecule has 5 N–H and O–H groups in total. The fourth-order valence-electron chi connectivity index (χ4n) is 7.05. The molecule has 0 spiro atoms. The molecule has 4 unspecified atom stereocenters. The number of ether oxygens (including phenoxy) is 13. The number of nitrogens with one attached hydrogen (secondary N) is 2. The highest BCUT2D eigenvalue weighted by Gasteiger charge is 2.43. The van der Waals surface area contributed by atoms with Crippen LogP contribution in [0.1, 0.15) is 57.3 Å². The van der Waals surface area contributed by atoms with E-state index < -0.39 is 47.4 Å². The molecule has 434 valence electrons. The average molecular weight is 1100 g/mol. The van der Waals surface area contributed by atoms with E-state index in [0.29, 0.717) is 151 Å². The third-order valence-corrected chi connectivity index (χ3v) is 12.4. The second kappa shape index (κ2) is 41.2. The van der Waals surface area contributed by atoms with Gasteiger partial charge in [-0.25, -0.2) is 4.98 Å². The fourth-order valence-corrected chi connectivity index (χ4v) is 7.86. The minimum Gasteiger partial charge on any atom is -0.463 e. The Balaban J connectivity index is 1.13. The lowest BCUT2D eigenvalue weighted by Gasteiger charge is -2.33. The zero-order valence-corrected chi connectivity index (χ0v) is 46.3. The maximum absolute atomic E-state index is 13.8. The molecule has 1 aromatic heterocycles. The second-order valence-corrected chi connectivity index (χ2v) is 19.3. The van der Waals surface area contributed by atoms with Gasteiger partial charge in [0.05, 0.1) is 193 Å². The quantitative estimate of drug-likeness (QED) is 0.0544. The van der Waals surface area contributed by atoms with Gasteiger partial charge in [0.25, 0.3) is 0 Å². The van der Waals surface area contributed by atoms with Crippen molar-refractivity contribution in [1.29, 1.82) is 0 Å². The number of aromatic nitrogens is 1. The topological polar surface area (TPSA) is 275 Å². The lowest BCUT2D eigenvalue weighted by Crippen LogP contribution is -2.55. The van der Waals surface area contributed by atoms with Gasteiger partial charge in [-0.1, -0.05) is 45.0 Å². The molecule has 0 aliphatic carbocycles. The van der Waals surface area contributed by atoms with Crippen molar-refractivity contribution in [2.75, 3.05) is 179 Å². The Morgan fingerprint density at radius 3 is 1.53 bits per heavy atom. The number of nitrogens with two attached hydrogens (primary N) is 1. The number of likely N-dealkylation sites (tertiary alicyclic amines) is 1. The summed E-state index contributed by atoms with van der Waals surface area (Å²) in [6.45, 7) is 17.9. The second-order valence-electron chi connectivity index (χ2n) is 18.5. The Bertz CT molecular complexity index is 1840. The van der Waals surface area contributed by atoms with E-state index in [1.54, 1.807) is 12.6 Å². The number of nitrogens with zero attached hydrogens (tertiary/aromatic N) is 2. The van der Waals surface area contributed by atoms with Crippen molar-refractivity contribution in [1.82, 2.24) is 20.5 Å². The Labute approximate surface area is 452 Å². The number of amides is 3. The Morgan fingerprint density at radius 1 is 0.684 bits per heavy atom. The molecule has 4 atom stereocenters. The van der Waals surface area contributed by atoms with Crippen LogP contribution in [0.4, 0.5) is 0 Å². The predicted octanol–water partition coefficient (Wildman–Crippen LogP) is 1.88. The number of hydrogen-bond donors (Lipinski definition) is 4. The highest BCUT2D eigenvalue weighted by atomic mass is 32.1. The molecule has 2 aromatic rings. The van der Waals surface area contributed by atoms with Crippen molar-refractivity contribution in [2.24, 2.45) is 11.1 Å². The van der Waals surface area contributed by atoms with Gasteiger partial charge >= 0.3 is 5.97 Å². The number of aliphatic hydroxyl groups is 1. The molecule has 2 heterocycles. The molecule has 0 radical (unpaired) electrons. The standard InChI is InChI=1S/C52H87N5O18S/c1-40-48(76-39-55-40)42-8-6-41(7-9-42)44(56-50(61)45-36-43(58)37-57(45)51(62)49(53)52(2,3)4)38-75-47(60)11-10-46(59)54-12-13-64-16-17-66-20-21-68-24-25-70-28-29-72-32-33-74-35-34-73-31-30-71-27-26-69-23-22-67-19-18-65-15-14-63-5/h6-9,39,43-45,49,58H,10-38,53H2,1-5H3,(H,54,59)(H,56,61). The minimum absolute atomic E-state index is 0.0275. The van der Waals surface area contributed by atoms with Gasteiger partial charge in [-0.3, -0.25) is 19.2 Å². The molecule has 23 nitrogen and oxygen atoms in total. The molecule has 1 saturated heterocycles. The van der Waals surface area contributed by atoms with Gasteiger partial charge < -0.3 is 88.0 Å². The number of β-amino-alcohol motifs (C(OH)–C–C–N with tert-alkyl or cyclic N) is 1. The molecule has 24 heteroatoms. The lowest BCUT2D eigenvalue weighted by atomic mass is 9.86. The van der Waals surface area contributed by atoms with E-state index in [1.165, 1.54) is 16.2 Å². The molecule has 0 saturated carbocycles. The zero-order valence-electron chi connectivity index (χ0n) is 45.5. The number of benzene rings is 1. The van der Waals surface area contributed by atoms with E-state index in [4.69, 9.17) is 67.3 Å². The summed E-state index contributed by atoms with van der Waals surface area (Å²) in [7, 11) is 1.64. The third-order valence-electron chi connectivity index (χ3n) is 11.4. The number of hydrogen-bond acceptors (Lipinski definition) is 21.